The van der Waals surface area contributed by atoms with E-state index in [2.05, 4.69) is 20.0 Å². The van der Waals surface area contributed by atoms with Crippen molar-refractivity contribution in [1.29, 1.82) is 0 Å². The van der Waals surface area contributed by atoms with Crippen LogP contribution < -0.4 is 20.9 Å². The molecule has 4 rings (SSSR count). The van der Waals surface area contributed by atoms with E-state index in [-0.39, 0.29) is 30.0 Å². The Kier molecular flexibility index (Phi) is 6.82. The van der Waals surface area contributed by atoms with E-state index >= 15 is 0 Å². The van der Waals surface area contributed by atoms with E-state index in [1.165, 1.54) is 20.4 Å². The second-order valence-electron chi connectivity index (χ2n) is 7.79. The summed E-state index contributed by atoms with van der Waals surface area (Å²) in [6, 6.07) is 7.46. The van der Waals surface area contributed by atoms with Crippen molar-refractivity contribution in [1.82, 2.24) is 24.6 Å². The number of nitrogens with one attached hydrogen (secondary N) is 2. The van der Waals surface area contributed by atoms with Crippen LogP contribution in [0, 0.1) is 5.92 Å². The lowest BCUT2D eigenvalue weighted by Gasteiger charge is -2.23. The quantitative estimate of drug-likeness (QED) is 0.231. The number of aromatic nitrogens is 4. The first-order valence-electron chi connectivity index (χ1n) is 10.5. The number of H-pyrrole nitrogens is 1. The normalized spacial score (nSPS) is 20.2. The Balaban J connectivity index is 1.46. The summed E-state index contributed by atoms with van der Waals surface area (Å²) in [5.41, 5.74) is 5.85. The number of nitrogens with zero attached hydrogens (tertiary/aromatic N) is 3. The number of aromatic amines is 1. The van der Waals surface area contributed by atoms with Gasteiger partial charge in [0.05, 0.1) is 26.1 Å². The molecule has 0 bridgehead atoms. The zero-order chi connectivity index (χ0) is 24.3. The number of nitrogen functional groups attached to an aromatic ring is 1. The molecule has 34 heavy (non-hydrogen) atoms. The number of esters is 1. The van der Waals surface area contributed by atoms with Crippen molar-refractivity contribution in [2.45, 2.75) is 25.4 Å². The third-order valence-electron chi connectivity index (χ3n) is 5.29. The van der Waals surface area contributed by atoms with E-state index in [0.717, 1.165) is 0 Å². The molecule has 12 nitrogen and oxygen atoms in total. The molecule has 1 aliphatic carbocycles. The third-order valence-corrected chi connectivity index (χ3v) is 6.94. The minimum atomic E-state index is -3.93. The molecule has 3 aromatic rings. The number of hydrogen-bond acceptors (Lipinski definition) is 9. The van der Waals surface area contributed by atoms with Crippen molar-refractivity contribution in [2.75, 3.05) is 19.5 Å². The highest BCUT2D eigenvalue weighted by molar-refractivity contribution is 7.52. The van der Waals surface area contributed by atoms with Gasteiger partial charge in [0.1, 0.15) is 11.8 Å². The maximum Gasteiger partial charge on any atom is 0.459 e. The van der Waals surface area contributed by atoms with E-state index in [4.69, 9.17) is 19.5 Å². The molecule has 1 unspecified atom stereocenters. The summed E-state index contributed by atoms with van der Waals surface area (Å²) in [6.07, 6.45) is 5.97. The van der Waals surface area contributed by atoms with Crippen LogP contribution in [0.5, 0.6) is 5.75 Å². The van der Waals surface area contributed by atoms with Crippen molar-refractivity contribution in [3.8, 4) is 5.75 Å². The maximum atomic E-state index is 13.5. The van der Waals surface area contributed by atoms with Crippen molar-refractivity contribution in [3.05, 3.63) is 59.2 Å². The van der Waals surface area contributed by atoms with Gasteiger partial charge < -0.3 is 19.6 Å². The average Bonchev–Trinajstić information content (AvgIpc) is 3.44. The second-order valence-corrected chi connectivity index (χ2v) is 9.49. The maximum absolute atomic E-state index is 13.5. The number of anilines is 1. The molecule has 2 heterocycles. The van der Waals surface area contributed by atoms with Gasteiger partial charge in [0.15, 0.2) is 11.2 Å². The molecule has 0 saturated heterocycles. The molecule has 0 aliphatic heterocycles. The second kappa shape index (κ2) is 9.80. The number of carbonyl (C=O) groups is 1. The van der Waals surface area contributed by atoms with Crippen LogP contribution in [0.2, 0.25) is 0 Å². The van der Waals surface area contributed by atoms with Crippen molar-refractivity contribution < 1.29 is 23.1 Å². The van der Waals surface area contributed by atoms with Gasteiger partial charge in [0.2, 0.25) is 5.95 Å². The summed E-state index contributed by atoms with van der Waals surface area (Å²) in [6.45, 7) is 1.56. The molecule has 2 aromatic heterocycles. The number of hydrogen-bond donors (Lipinski definition) is 3. The molecular formula is C21H25N6O6P. The lowest BCUT2D eigenvalue weighted by Crippen LogP contribution is -2.34. The first-order valence-corrected chi connectivity index (χ1v) is 12.1. The van der Waals surface area contributed by atoms with Gasteiger partial charge in [-0.2, -0.15) is 10.1 Å². The summed E-state index contributed by atoms with van der Waals surface area (Å²) in [7, 11) is -2.69. The van der Waals surface area contributed by atoms with Crippen molar-refractivity contribution in [3.63, 3.8) is 0 Å². The summed E-state index contributed by atoms with van der Waals surface area (Å²) >= 11 is 0. The Morgan fingerprint density at radius 3 is 2.85 bits per heavy atom. The van der Waals surface area contributed by atoms with Gasteiger partial charge in [-0.15, -0.1) is 0 Å². The predicted octanol–water partition coefficient (Wildman–Crippen LogP) is 2.17. The highest BCUT2D eigenvalue weighted by Gasteiger charge is 2.34. The molecule has 0 saturated carbocycles. The van der Waals surface area contributed by atoms with E-state index < -0.39 is 25.3 Å². The van der Waals surface area contributed by atoms with Crippen LogP contribution in [0.15, 0.2) is 53.6 Å². The molecule has 0 radical (unpaired) electrons. The summed E-state index contributed by atoms with van der Waals surface area (Å²) in [5, 5.41) is 2.63. The fourth-order valence-corrected chi connectivity index (χ4v) is 5.19. The Bertz CT molecular complexity index is 1310. The van der Waals surface area contributed by atoms with E-state index in [9.17, 15) is 14.2 Å². The number of imidazole rings is 1. The molecule has 0 spiro atoms. The fourth-order valence-electron chi connectivity index (χ4n) is 3.64. The van der Waals surface area contributed by atoms with Gasteiger partial charge in [0, 0.05) is 5.92 Å². The Morgan fingerprint density at radius 1 is 1.35 bits per heavy atom. The minimum Gasteiger partial charge on any atom is -0.468 e. The number of benzene rings is 1. The largest absolute Gasteiger partial charge is 0.468 e. The third kappa shape index (κ3) is 5.19. The highest BCUT2D eigenvalue weighted by atomic mass is 31.2. The lowest BCUT2D eigenvalue weighted by atomic mass is 10.1. The first kappa shape index (κ1) is 23.7. The zero-order valence-corrected chi connectivity index (χ0v) is 19.5. The lowest BCUT2D eigenvalue weighted by molar-refractivity contribution is -0.142. The molecule has 1 aliphatic rings. The molecule has 0 amide bonds. The predicted molar refractivity (Wildman–Crippen MR) is 124 cm³/mol. The SMILES string of the molecule is COC(=O)[C@@H](C)NP(=O)(OC[C@@H]1C=C[C@H](n2cnc3c(=O)[nH]c(N)nc32)C1)Oc1ccccc1. The van der Waals surface area contributed by atoms with Crippen molar-refractivity contribution in [2.24, 2.45) is 5.92 Å². The number of methoxy groups -OCH3 is 1. The minimum absolute atomic E-state index is 0.00547. The Hall–Kier alpha value is -3.47. The van der Waals surface area contributed by atoms with Crippen LogP contribution in [0.3, 0.4) is 0 Å². The number of para-hydroxylation sites is 1. The molecule has 4 atom stereocenters. The summed E-state index contributed by atoms with van der Waals surface area (Å²) < 4.78 is 31.3. The average molecular weight is 488 g/mol. The van der Waals surface area contributed by atoms with Gasteiger partial charge in [-0.05, 0) is 25.5 Å². The molecule has 0 fully saturated rings. The summed E-state index contributed by atoms with van der Waals surface area (Å²) in [4.78, 5) is 34.6. The first-order chi connectivity index (χ1) is 16.3. The number of nitrogens with two attached hydrogens (primary N) is 1. The van der Waals surface area contributed by atoms with Gasteiger partial charge >= 0.3 is 13.7 Å². The smallest absolute Gasteiger partial charge is 0.459 e. The van der Waals surface area contributed by atoms with E-state index in [0.29, 0.717) is 17.8 Å². The number of carbonyl (C=O) groups excluding carboxylic acids is 1. The van der Waals surface area contributed by atoms with Gasteiger partial charge in [0.25, 0.3) is 5.56 Å². The highest BCUT2D eigenvalue weighted by Crippen LogP contribution is 2.46. The number of fused-ring (bicyclic) bond motifs is 1. The Morgan fingerprint density at radius 2 is 2.12 bits per heavy atom. The van der Waals surface area contributed by atoms with Gasteiger partial charge in [-0.3, -0.25) is 19.1 Å². The molecule has 1 aromatic carbocycles. The van der Waals surface area contributed by atoms with Crippen LogP contribution in [0.4, 0.5) is 5.95 Å². The van der Waals surface area contributed by atoms with Gasteiger partial charge in [-0.25, -0.2) is 9.55 Å². The Labute approximate surface area is 194 Å². The van der Waals surface area contributed by atoms with E-state index in [1.807, 2.05) is 12.2 Å². The number of allylic oxidation sites excluding steroid dienone is 1. The monoisotopic (exact) mass is 488 g/mol. The van der Waals surface area contributed by atoms with Crippen LogP contribution in [-0.4, -0.2) is 45.2 Å². The van der Waals surface area contributed by atoms with Crippen LogP contribution in [0.1, 0.15) is 19.4 Å². The molecule has 180 valence electrons. The number of ether oxygens (including phenoxy) is 1. The fraction of sp³-hybridized carbons (Fsp3) is 0.333. The van der Waals surface area contributed by atoms with Crippen LogP contribution in [0.25, 0.3) is 11.2 Å². The van der Waals surface area contributed by atoms with Crippen molar-refractivity contribution >= 4 is 30.8 Å². The van der Waals surface area contributed by atoms with E-state index in [1.54, 1.807) is 34.9 Å². The topological polar surface area (TPSA) is 163 Å². The summed E-state index contributed by atoms with van der Waals surface area (Å²) in [5.74, 6) is -0.389. The molecule has 13 heteroatoms. The standard InChI is InChI=1S/C21H25N6O6P/c1-13(20(29)31-2)26-34(30,33-16-6-4-3-5-7-16)32-11-14-8-9-15(10-14)27-12-23-17-18(27)24-21(22)25-19(17)28/h3-9,12-15H,10-11H2,1-2H3,(H,26,30)(H3,22,24,25,28)/t13-,14-,15+,34?/m1/s1. The van der Waals surface area contributed by atoms with Crippen LogP contribution in [-0.2, 0) is 18.6 Å². The number of rotatable bonds is 9. The zero-order valence-electron chi connectivity index (χ0n) is 18.6. The van der Waals surface area contributed by atoms with Gasteiger partial charge in [-0.1, -0.05) is 30.4 Å². The van der Waals surface area contributed by atoms with Crippen LogP contribution >= 0.6 is 7.75 Å². The molecule has 4 N–H and O–H groups in total. The molecular weight excluding hydrogens is 463 g/mol.